The number of hydrogen-bond acceptors (Lipinski definition) is 4. The van der Waals surface area contributed by atoms with Gasteiger partial charge in [-0.2, -0.15) is 43.2 Å². The predicted molar refractivity (Wildman–Crippen MR) is 101 cm³/mol. The first-order valence-electron chi connectivity index (χ1n) is 8.66. The molecule has 15 heteroatoms. The Balaban J connectivity index is 1.79. The van der Waals surface area contributed by atoms with Gasteiger partial charge in [0.25, 0.3) is 0 Å². The molecule has 2 aliphatic rings. The molecule has 0 fully saturated rings. The van der Waals surface area contributed by atoms with Gasteiger partial charge in [-0.25, -0.2) is 8.61 Å². The van der Waals surface area contributed by atoms with Crippen molar-refractivity contribution in [2.75, 3.05) is 0 Å². The highest BCUT2D eigenvalue weighted by Gasteiger charge is 2.50. The highest BCUT2D eigenvalue weighted by molar-refractivity contribution is 7.90. The van der Waals surface area contributed by atoms with Crippen molar-refractivity contribution in [3.05, 3.63) is 72.6 Å². The monoisotopic (exact) mass is 503 g/mol. The number of nitrogens with zero attached hydrogens (tertiary/aromatic N) is 3. The second-order valence-electron chi connectivity index (χ2n) is 6.72. The molecular formula is C17H15F6N3O4S2. The quantitative estimate of drug-likeness (QED) is 0.589. The van der Waals surface area contributed by atoms with Crippen LogP contribution in [0.5, 0.6) is 0 Å². The maximum atomic E-state index is 12.7. The number of sulfonamides is 2. The van der Waals surface area contributed by atoms with Gasteiger partial charge < -0.3 is 4.57 Å². The van der Waals surface area contributed by atoms with E-state index >= 15 is 0 Å². The SMILES string of the molecule is Cn1c(C2C=CN(S(=O)(=O)C(F)(F)F)C=C2)ccc1C1C=CN(S(=O)(=O)C(F)(F)F)C=C1. The van der Waals surface area contributed by atoms with Crippen molar-refractivity contribution >= 4 is 20.0 Å². The van der Waals surface area contributed by atoms with E-state index in [2.05, 4.69) is 0 Å². The Kier molecular flexibility index (Phi) is 5.78. The van der Waals surface area contributed by atoms with E-state index in [0.29, 0.717) is 11.4 Å². The Morgan fingerprint density at radius 3 is 1.19 bits per heavy atom. The van der Waals surface area contributed by atoms with Gasteiger partial charge in [0, 0.05) is 55.1 Å². The summed E-state index contributed by atoms with van der Waals surface area (Å²) in [4.78, 5) is 0. The Morgan fingerprint density at radius 1 is 0.656 bits per heavy atom. The summed E-state index contributed by atoms with van der Waals surface area (Å²) in [5.74, 6) is -1.15. The average molecular weight is 503 g/mol. The van der Waals surface area contributed by atoms with Crippen LogP contribution in [0.3, 0.4) is 0 Å². The van der Waals surface area contributed by atoms with Gasteiger partial charge in [-0.1, -0.05) is 24.3 Å². The van der Waals surface area contributed by atoms with Crippen molar-refractivity contribution in [1.82, 2.24) is 13.2 Å². The first kappa shape index (κ1) is 24.0. The highest BCUT2D eigenvalue weighted by Crippen LogP contribution is 2.34. The molecular weight excluding hydrogens is 488 g/mol. The lowest BCUT2D eigenvalue weighted by Gasteiger charge is -2.24. The van der Waals surface area contributed by atoms with Gasteiger partial charge in [-0.05, 0) is 12.1 Å². The van der Waals surface area contributed by atoms with Crippen LogP contribution in [-0.2, 0) is 27.1 Å². The lowest BCUT2D eigenvalue weighted by Crippen LogP contribution is -2.35. The van der Waals surface area contributed by atoms with Crippen LogP contribution in [0.2, 0.25) is 0 Å². The summed E-state index contributed by atoms with van der Waals surface area (Å²) in [5.41, 5.74) is -9.80. The molecule has 0 saturated carbocycles. The van der Waals surface area contributed by atoms with Crippen molar-refractivity contribution < 1.29 is 43.2 Å². The number of alkyl halides is 6. The minimum atomic E-state index is -5.55. The van der Waals surface area contributed by atoms with Crippen LogP contribution in [0.25, 0.3) is 0 Å². The smallest absolute Gasteiger partial charge is 0.350 e. The van der Waals surface area contributed by atoms with Crippen LogP contribution in [0.15, 0.2) is 61.2 Å². The Labute approximate surface area is 179 Å². The average Bonchev–Trinajstić information content (AvgIpc) is 3.08. The maximum Gasteiger partial charge on any atom is 0.517 e. The number of aromatic nitrogens is 1. The van der Waals surface area contributed by atoms with E-state index in [1.807, 2.05) is 0 Å². The molecule has 1 aromatic heterocycles. The van der Waals surface area contributed by atoms with Crippen LogP contribution in [0.4, 0.5) is 26.3 Å². The molecule has 0 unspecified atom stereocenters. The van der Waals surface area contributed by atoms with Gasteiger partial charge >= 0.3 is 31.1 Å². The normalized spacial score (nSPS) is 18.7. The van der Waals surface area contributed by atoms with Gasteiger partial charge in [0.15, 0.2) is 0 Å². The van der Waals surface area contributed by atoms with Crippen molar-refractivity contribution in [3.8, 4) is 0 Å². The second kappa shape index (κ2) is 7.72. The zero-order valence-electron chi connectivity index (χ0n) is 16.0. The molecule has 0 atom stereocenters. The van der Waals surface area contributed by atoms with Crippen LogP contribution < -0.4 is 0 Å². The molecule has 176 valence electrons. The Hall–Kier alpha value is -2.68. The topological polar surface area (TPSA) is 79.7 Å². The molecule has 7 nitrogen and oxygen atoms in total. The molecule has 0 amide bonds. The van der Waals surface area contributed by atoms with Crippen LogP contribution in [0.1, 0.15) is 23.2 Å². The summed E-state index contributed by atoms with van der Waals surface area (Å²) in [6.45, 7) is 0. The Morgan fingerprint density at radius 2 is 0.938 bits per heavy atom. The zero-order valence-corrected chi connectivity index (χ0v) is 17.6. The fourth-order valence-corrected chi connectivity index (χ4v) is 4.50. The van der Waals surface area contributed by atoms with Gasteiger partial charge in [0.05, 0.1) is 0 Å². The minimum absolute atomic E-state index is 0.0512. The third kappa shape index (κ3) is 4.05. The fourth-order valence-electron chi connectivity index (χ4n) is 3.10. The molecule has 0 radical (unpaired) electrons. The van der Waals surface area contributed by atoms with Crippen molar-refractivity contribution in [1.29, 1.82) is 0 Å². The summed E-state index contributed by atoms with van der Waals surface area (Å²) < 4.78 is 123. The minimum Gasteiger partial charge on any atom is -0.350 e. The molecule has 0 saturated heterocycles. The van der Waals surface area contributed by atoms with Gasteiger partial charge in [-0.15, -0.1) is 0 Å². The lowest BCUT2D eigenvalue weighted by molar-refractivity contribution is -0.0474. The van der Waals surface area contributed by atoms with Crippen LogP contribution in [0, 0.1) is 0 Å². The molecule has 0 N–H and O–H groups in total. The third-order valence-corrected chi connectivity index (χ3v) is 7.55. The maximum absolute atomic E-state index is 12.7. The predicted octanol–water partition coefficient (Wildman–Crippen LogP) is 3.58. The Bertz CT molecular complexity index is 1100. The number of rotatable bonds is 4. The first-order chi connectivity index (χ1) is 14.6. The molecule has 3 heterocycles. The third-order valence-electron chi connectivity index (χ3n) is 4.78. The molecule has 0 bridgehead atoms. The summed E-state index contributed by atoms with van der Waals surface area (Å²) in [6.07, 6.45) is 8.08. The molecule has 1 aromatic rings. The molecule has 3 rings (SSSR count). The second-order valence-corrected chi connectivity index (χ2v) is 10.4. The number of halogens is 6. The van der Waals surface area contributed by atoms with E-state index < -0.39 is 42.9 Å². The molecule has 0 aliphatic carbocycles. The van der Waals surface area contributed by atoms with E-state index in [-0.39, 0.29) is 8.61 Å². The molecule has 32 heavy (non-hydrogen) atoms. The number of hydrogen-bond donors (Lipinski definition) is 0. The zero-order chi connectivity index (χ0) is 24.1. The van der Waals surface area contributed by atoms with E-state index in [1.54, 1.807) is 23.7 Å². The van der Waals surface area contributed by atoms with E-state index in [1.165, 1.54) is 24.3 Å². The molecule has 2 aliphatic heterocycles. The van der Waals surface area contributed by atoms with E-state index in [4.69, 9.17) is 0 Å². The van der Waals surface area contributed by atoms with E-state index in [9.17, 15) is 43.2 Å². The largest absolute Gasteiger partial charge is 0.517 e. The summed E-state index contributed by atoms with van der Waals surface area (Å²) >= 11 is 0. The van der Waals surface area contributed by atoms with E-state index in [0.717, 1.165) is 24.8 Å². The fraction of sp³-hybridized carbons (Fsp3) is 0.294. The van der Waals surface area contributed by atoms with Gasteiger partial charge in [-0.3, -0.25) is 0 Å². The van der Waals surface area contributed by atoms with Crippen molar-refractivity contribution in [3.63, 3.8) is 0 Å². The summed E-state index contributed by atoms with van der Waals surface area (Å²) in [7, 11) is -9.51. The van der Waals surface area contributed by atoms with Gasteiger partial charge in [0.2, 0.25) is 0 Å². The summed E-state index contributed by atoms with van der Waals surface area (Å²) in [6, 6.07) is 3.23. The van der Waals surface area contributed by atoms with Crippen molar-refractivity contribution in [2.24, 2.45) is 7.05 Å². The molecule has 0 spiro atoms. The first-order valence-corrected chi connectivity index (χ1v) is 11.5. The highest BCUT2D eigenvalue weighted by atomic mass is 32.2. The summed E-state index contributed by atoms with van der Waals surface area (Å²) in [5, 5.41) is 0. The van der Waals surface area contributed by atoms with Crippen LogP contribution >= 0.6 is 0 Å². The lowest BCUT2D eigenvalue weighted by atomic mass is 10.0. The molecule has 0 aromatic carbocycles. The standard InChI is InChI=1S/C17H15F6N3O4S2/c1-24-14(12-4-8-25(9-5-12)31(27,28)16(18,19)20)2-3-15(24)13-6-10-26(11-7-13)32(29,30)17(21,22)23/h2-13H,1H3. The number of allylic oxidation sites excluding steroid dienone is 4. The van der Waals surface area contributed by atoms with Gasteiger partial charge in [0.1, 0.15) is 0 Å². The van der Waals surface area contributed by atoms with Crippen molar-refractivity contribution in [2.45, 2.75) is 22.9 Å². The van der Waals surface area contributed by atoms with Crippen LogP contribution in [-0.4, -0.2) is 41.0 Å².